The third-order valence-corrected chi connectivity index (χ3v) is 3.49. The number of aromatic nitrogens is 4. The number of imidazole rings is 1. The van der Waals surface area contributed by atoms with E-state index in [-0.39, 0.29) is 12.2 Å². The first-order chi connectivity index (χ1) is 9.61. The molecule has 3 rings (SSSR count). The molecule has 0 saturated carbocycles. The molecule has 1 saturated heterocycles. The van der Waals surface area contributed by atoms with Gasteiger partial charge in [0.1, 0.15) is 24.2 Å². The van der Waals surface area contributed by atoms with Crippen molar-refractivity contribution in [3.63, 3.8) is 0 Å². The fraction of sp³-hybridized carbons (Fsp3) is 0.417. The molecule has 1 aliphatic rings. The summed E-state index contributed by atoms with van der Waals surface area (Å²) < 4.78 is 7.25. The Labute approximate surface area is 114 Å². The van der Waals surface area contributed by atoms with Gasteiger partial charge in [-0.05, 0) is 0 Å². The van der Waals surface area contributed by atoms with Crippen LogP contribution >= 0.6 is 0 Å². The van der Waals surface area contributed by atoms with Crippen molar-refractivity contribution in [2.24, 2.45) is 0 Å². The summed E-state index contributed by atoms with van der Waals surface area (Å²) in [6.07, 6.45) is 6.85. The average Bonchev–Trinajstić information content (AvgIpc) is 3.01. The number of terminal acetylenes is 1. The Morgan fingerprint density at radius 2 is 2.35 bits per heavy atom. The van der Waals surface area contributed by atoms with Crippen molar-refractivity contribution < 1.29 is 14.9 Å². The van der Waals surface area contributed by atoms with E-state index in [1.54, 1.807) is 4.57 Å². The minimum absolute atomic E-state index is 0.222. The quantitative estimate of drug-likeness (QED) is 0.604. The molecule has 8 heteroatoms. The zero-order valence-corrected chi connectivity index (χ0v) is 10.5. The number of nitrogens with zero attached hydrogens (tertiary/aromatic N) is 4. The van der Waals surface area contributed by atoms with Crippen molar-refractivity contribution in [2.45, 2.75) is 24.4 Å². The van der Waals surface area contributed by atoms with Gasteiger partial charge in [-0.2, -0.15) is 0 Å². The van der Waals surface area contributed by atoms with Crippen molar-refractivity contribution in [2.75, 3.05) is 12.3 Å². The molecule has 0 spiro atoms. The van der Waals surface area contributed by atoms with Gasteiger partial charge in [-0.15, -0.1) is 6.42 Å². The van der Waals surface area contributed by atoms with E-state index in [2.05, 4.69) is 20.9 Å². The van der Waals surface area contributed by atoms with E-state index in [0.717, 1.165) is 0 Å². The molecule has 3 atom stereocenters. The van der Waals surface area contributed by atoms with Gasteiger partial charge in [0.05, 0.1) is 12.9 Å². The van der Waals surface area contributed by atoms with Gasteiger partial charge in [0.2, 0.25) is 0 Å². The van der Waals surface area contributed by atoms with Crippen molar-refractivity contribution in [3.8, 4) is 12.3 Å². The van der Waals surface area contributed by atoms with Crippen LogP contribution < -0.4 is 5.73 Å². The van der Waals surface area contributed by atoms with Crippen LogP contribution in [0.4, 0.5) is 5.82 Å². The molecule has 3 heterocycles. The summed E-state index contributed by atoms with van der Waals surface area (Å²) in [5, 5.41) is 19.4. The van der Waals surface area contributed by atoms with Gasteiger partial charge in [0, 0.05) is 6.42 Å². The standard InChI is InChI=1S/C12H13N5O3/c1-2-12(4-18)7(19)3-8(20-12)17-6-16-9-10(13)14-5-15-11(9)17/h1,5-8,18-19H,3-4H2,(H2,13,14,15)/t7-,8+,12+/m0/s1. The Bertz CT molecular complexity index is 694. The summed E-state index contributed by atoms with van der Waals surface area (Å²) in [7, 11) is 0. The lowest BCUT2D eigenvalue weighted by Crippen LogP contribution is -2.41. The third-order valence-electron chi connectivity index (χ3n) is 3.49. The molecular formula is C12H13N5O3. The normalized spacial score (nSPS) is 29.6. The minimum atomic E-state index is -1.40. The molecule has 20 heavy (non-hydrogen) atoms. The molecule has 0 radical (unpaired) electrons. The largest absolute Gasteiger partial charge is 0.392 e. The maximum atomic E-state index is 10.0. The van der Waals surface area contributed by atoms with Crippen LogP contribution in [0.2, 0.25) is 0 Å². The van der Waals surface area contributed by atoms with Crippen molar-refractivity contribution in [1.82, 2.24) is 19.5 Å². The molecule has 0 aromatic carbocycles. The van der Waals surface area contributed by atoms with Crippen LogP contribution in [0.15, 0.2) is 12.7 Å². The number of aliphatic hydroxyl groups excluding tert-OH is 2. The number of anilines is 1. The smallest absolute Gasteiger partial charge is 0.179 e. The molecule has 4 N–H and O–H groups in total. The fourth-order valence-electron chi connectivity index (χ4n) is 2.32. The maximum Gasteiger partial charge on any atom is 0.179 e. The fourth-order valence-corrected chi connectivity index (χ4v) is 2.32. The lowest BCUT2D eigenvalue weighted by Gasteiger charge is -2.23. The molecule has 2 aromatic rings. The summed E-state index contributed by atoms with van der Waals surface area (Å²) in [4.78, 5) is 12.1. The number of hydrogen-bond donors (Lipinski definition) is 3. The van der Waals surface area contributed by atoms with Crippen LogP contribution in [-0.2, 0) is 4.74 Å². The first-order valence-corrected chi connectivity index (χ1v) is 5.99. The van der Waals surface area contributed by atoms with E-state index < -0.39 is 24.5 Å². The maximum absolute atomic E-state index is 10.0. The zero-order chi connectivity index (χ0) is 14.3. The third kappa shape index (κ3) is 1.65. The molecule has 0 aliphatic carbocycles. The van der Waals surface area contributed by atoms with Gasteiger partial charge in [-0.3, -0.25) is 4.57 Å². The molecule has 104 valence electrons. The van der Waals surface area contributed by atoms with Crippen LogP contribution in [0.5, 0.6) is 0 Å². The summed E-state index contributed by atoms with van der Waals surface area (Å²) in [5.41, 5.74) is 5.25. The number of fused-ring (bicyclic) bond motifs is 1. The van der Waals surface area contributed by atoms with Crippen LogP contribution in [0.3, 0.4) is 0 Å². The number of ether oxygens (including phenoxy) is 1. The first-order valence-electron chi connectivity index (χ1n) is 5.99. The Morgan fingerprint density at radius 1 is 1.55 bits per heavy atom. The van der Waals surface area contributed by atoms with Crippen molar-refractivity contribution >= 4 is 17.0 Å². The Balaban J connectivity index is 2.02. The van der Waals surface area contributed by atoms with Gasteiger partial charge in [0.25, 0.3) is 0 Å². The van der Waals surface area contributed by atoms with E-state index >= 15 is 0 Å². The number of nitrogens with two attached hydrogens (primary N) is 1. The second-order valence-electron chi connectivity index (χ2n) is 4.60. The highest BCUT2D eigenvalue weighted by Crippen LogP contribution is 2.37. The van der Waals surface area contributed by atoms with E-state index in [4.69, 9.17) is 16.9 Å². The summed E-state index contributed by atoms with van der Waals surface area (Å²) in [6, 6.07) is 0. The molecule has 8 nitrogen and oxygen atoms in total. The van der Waals surface area contributed by atoms with Gasteiger partial charge < -0.3 is 20.7 Å². The summed E-state index contributed by atoms with van der Waals surface area (Å²) in [6.45, 7) is -0.467. The number of rotatable bonds is 2. The highest BCUT2D eigenvalue weighted by Gasteiger charge is 2.47. The van der Waals surface area contributed by atoms with Crippen molar-refractivity contribution in [3.05, 3.63) is 12.7 Å². The Kier molecular flexibility index (Phi) is 2.83. The van der Waals surface area contributed by atoms with Gasteiger partial charge >= 0.3 is 0 Å². The minimum Gasteiger partial charge on any atom is -0.392 e. The van der Waals surface area contributed by atoms with Gasteiger partial charge in [0.15, 0.2) is 17.1 Å². The van der Waals surface area contributed by atoms with E-state index in [9.17, 15) is 10.2 Å². The van der Waals surface area contributed by atoms with Crippen molar-refractivity contribution in [1.29, 1.82) is 0 Å². The number of hydrogen-bond acceptors (Lipinski definition) is 7. The van der Waals surface area contributed by atoms with Gasteiger partial charge in [-0.1, -0.05) is 5.92 Å². The lowest BCUT2D eigenvalue weighted by molar-refractivity contribution is -0.0891. The SMILES string of the molecule is C#C[C@]1(CO)O[C@@H](n2cnc3c(N)ncnc32)C[C@@H]1O. The predicted octanol–water partition coefficient (Wildman–Crippen LogP) is -0.947. The Morgan fingerprint density at radius 3 is 3.00 bits per heavy atom. The topological polar surface area (TPSA) is 119 Å². The number of nitrogen functional groups attached to an aromatic ring is 1. The van der Waals surface area contributed by atoms with E-state index in [1.807, 2.05) is 0 Å². The number of aliphatic hydroxyl groups is 2. The molecular weight excluding hydrogens is 262 g/mol. The first kappa shape index (κ1) is 12.8. The molecule has 0 amide bonds. The van der Waals surface area contributed by atoms with E-state index in [0.29, 0.717) is 11.2 Å². The molecule has 0 unspecified atom stereocenters. The Hall–Kier alpha value is -2.21. The van der Waals surface area contributed by atoms with Gasteiger partial charge in [-0.25, -0.2) is 15.0 Å². The lowest BCUT2D eigenvalue weighted by atomic mass is 9.99. The van der Waals surface area contributed by atoms with Crippen LogP contribution in [0.1, 0.15) is 12.6 Å². The average molecular weight is 275 g/mol. The van der Waals surface area contributed by atoms with Crippen LogP contribution in [0.25, 0.3) is 11.2 Å². The zero-order valence-electron chi connectivity index (χ0n) is 10.5. The van der Waals surface area contributed by atoms with E-state index in [1.165, 1.54) is 12.7 Å². The molecule has 2 aromatic heterocycles. The summed E-state index contributed by atoms with van der Waals surface area (Å²) in [5.74, 6) is 2.58. The van der Waals surface area contributed by atoms with Crippen LogP contribution in [0, 0.1) is 12.3 Å². The monoisotopic (exact) mass is 275 g/mol. The second kappa shape index (κ2) is 4.42. The predicted molar refractivity (Wildman–Crippen MR) is 69.1 cm³/mol. The van der Waals surface area contributed by atoms with Crippen LogP contribution in [-0.4, -0.2) is 48.0 Å². The highest BCUT2D eigenvalue weighted by atomic mass is 16.6. The molecule has 1 fully saturated rings. The molecule has 0 bridgehead atoms. The highest BCUT2D eigenvalue weighted by molar-refractivity contribution is 5.81. The second-order valence-corrected chi connectivity index (χ2v) is 4.60. The summed E-state index contributed by atoms with van der Waals surface area (Å²) >= 11 is 0. The molecule has 1 aliphatic heterocycles.